The van der Waals surface area contributed by atoms with Gasteiger partial charge in [0.2, 0.25) is 0 Å². The summed E-state index contributed by atoms with van der Waals surface area (Å²) >= 11 is 1.97. The summed E-state index contributed by atoms with van der Waals surface area (Å²) in [7, 11) is 1.71. The second-order valence-electron chi connectivity index (χ2n) is 6.19. The van der Waals surface area contributed by atoms with Crippen molar-refractivity contribution in [1.82, 2.24) is 0 Å². The SMILES string of the molecule is COc1cc(C2(N)CCCC2)ccc1OC1CCCSC1. The molecule has 4 heteroatoms. The number of benzene rings is 1. The highest BCUT2D eigenvalue weighted by Crippen LogP contribution is 2.40. The van der Waals surface area contributed by atoms with E-state index >= 15 is 0 Å². The lowest BCUT2D eigenvalue weighted by Gasteiger charge is -2.27. The predicted molar refractivity (Wildman–Crippen MR) is 88.3 cm³/mol. The number of ether oxygens (including phenoxy) is 2. The molecule has 21 heavy (non-hydrogen) atoms. The normalized spacial score (nSPS) is 24.8. The van der Waals surface area contributed by atoms with Gasteiger partial charge in [-0.25, -0.2) is 0 Å². The number of hydrogen-bond acceptors (Lipinski definition) is 4. The van der Waals surface area contributed by atoms with E-state index in [1.165, 1.54) is 30.6 Å². The molecule has 1 aliphatic carbocycles. The van der Waals surface area contributed by atoms with Gasteiger partial charge in [0, 0.05) is 11.3 Å². The average Bonchev–Trinajstić information content (AvgIpc) is 2.96. The van der Waals surface area contributed by atoms with Crippen molar-refractivity contribution >= 4 is 11.8 Å². The lowest BCUT2D eigenvalue weighted by Crippen LogP contribution is -2.33. The van der Waals surface area contributed by atoms with Crippen LogP contribution in [0, 0.1) is 0 Å². The maximum absolute atomic E-state index is 6.54. The van der Waals surface area contributed by atoms with Crippen LogP contribution in [0.2, 0.25) is 0 Å². The molecule has 1 aromatic carbocycles. The third-order valence-corrected chi connectivity index (χ3v) is 5.83. The Balaban J connectivity index is 1.78. The molecule has 1 saturated carbocycles. The second kappa shape index (κ2) is 6.49. The summed E-state index contributed by atoms with van der Waals surface area (Å²) in [6, 6.07) is 6.25. The van der Waals surface area contributed by atoms with Gasteiger partial charge >= 0.3 is 0 Å². The summed E-state index contributed by atoms with van der Waals surface area (Å²) in [5.41, 5.74) is 7.55. The van der Waals surface area contributed by atoms with E-state index in [9.17, 15) is 0 Å². The smallest absolute Gasteiger partial charge is 0.161 e. The molecule has 2 fully saturated rings. The molecule has 1 aromatic rings. The molecule has 2 N–H and O–H groups in total. The van der Waals surface area contributed by atoms with E-state index in [2.05, 4.69) is 12.1 Å². The summed E-state index contributed by atoms with van der Waals surface area (Å²) in [6.07, 6.45) is 7.25. The first-order valence-corrected chi connectivity index (χ1v) is 9.08. The molecule has 0 radical (unpaired) electrons. The first kappa shape index (κ1) is 15.0. The van der Waals surface area contributed by atoms with Crippen molar-refractivity contribution in [2.24, 2.45) is 5.73 Å². The van der Waals surface area contributed by atoms with Gasteiger partial charge in [-0.1, -0.05) is 18.9 Å². The maximum atomic E-state index is 6.54. The van der Waals surface area contributed by atoms with Crippen LogP contribution in [-0.2, 0) is 5.54 Å². The third kappa shape index (κ3) is 3.32. The Morgan fingerprint density at radius 3 is 2.67 bits per heavy atom. The summed E-state index contributed by atoms with van der Waals surface area (Å²) in [4.78, 5) is 0. The molecule has 1 unspecified atom stereocenters. The molecule has 2 aliphatic rings. The Kier molecular flexibility index (Phi) is 4.65. The molecule has 3 nitrogen and oxygen atoms in total. The zero-order valence-electron chi connectivity index (χ0n) is 12.8. The van der Waals surface area contributed by atoms with Gasteiger partial charge in [0.25, 0.3) is 0 Å². The minimum atomic E-state index is -0.174. The van der Waals surface area contributed by atoms with Crippen molar-refractivity contribution in [3.8, 4) is 11.5 Å². The van der Waals surface area contributed by atoms with Crippen LogP contribution in [0.3, 0.4) is 0 Å². The molecular weight excluding hydrogens is 282 g/mol. The van der Waals surface area contributed by atoms with E-state index in [-0.39, 0.29) is 5.54 Å². The first-order chi connectivity index (χ1) is 10.2. The van der Waals surface area contributed by atoms with Crippen LogP contribution in [0.1, 0.15) is 44.1 Å². The van der Waals surface area contributed by atoms with E-state index in [4.69, 9.17) is 15.2 Å². The molecule has 1 saturated heterocycles. The van der Waals surface area contributed by atoms with Crippen LogP contribution in [0.5, 0.6) is 11.5 Å². The third-order valence-electron chi connectivity index (χ3n) is 4.65. The Labute approximate surface area is 131 Å². The molecule has 3 rings (SSSR count). The van der Waals surface area contributed by atoms with Gasteiger partial charge in [-0.05, 0) is 49.1 Å². The largest absolute Gasteiger partial charge is 0.493 e. The van der Waals surface area contributed by atoms with E-state index in [1.54, 1.807) is 7.11 Å². The van der Waals surface area contributed by atoms with Crippen LogP contribution in [0.25, 0.3) is 0 Å². The zero-order valence-corrected chi connectivity index (χ0v) is 13.6. The fourth-order valence-electron chi connectivity index (χ4n) is 3.35. The van der Waals surface area contributed by atoms with E-state index in [0.717, 1.165) is 36.5 Å². The fraction of sp³-hybridized carbons (Fsp3) is 0.647. The first-order valence-electron chi connectivity index (χ1n) is 7.93. The highest BCUT2D eigenvalue weighted by molar-refractivity contribution is 7.99. The van der Waals surface area contributed by atoms with Crippen molar-refractivity contribution < 1.29 is 9.47 Å². The van der Waals surface area contributed by atoms with Crippen LogP contribution >= 0.6 is 11.8 Å². The van der Waals surface area contributed by atoms with Gasteiger partial charge in [-0.15, -0.1) is 0 Å². The number of rotatable bonds is 4. The molecular formula is C17H25NO2S. The predicted octanol–water partition coefficient (Wildman–Crippen LogP) is 3.70. The topological polar surface area (TPSA) is 44.5 Å². The lowest BCUT2D eigenvalue weighted by atomic mass is 9.89. The Hall–Kier alpha value is -0.870. The molecule has 1 atom stereocenters. The molecule has 1 heterocycles. The summed E-state index contributed by atoms with van der Waals surface area (Å²) in [6.45, 7) is 0. The Morgan fingerprint density at radius 2 is 2.00 bits per heavy atom. The van der Waals surface area contributed by atoms with Crippen molar-refractivity contribution in [1.29, 1.82) is 0 Å². The Bertz CT molecular complexity index is 480. The van der Waals surface area contributed by atoms with Crippen LogP contribution < -0.4 is 15.2 Å². The fourth-order valence-corrected chi connectivity index (χ4v) is 4.39. The number of thioether (sulfide) groups is 1. The van der Waals surface area contributed by atoms with Gasteiger partial charge in [0.1, 0.15) is 6.10 Å². The Morgan fingerprint density at radius 1 is 1.19 bits per heavy atom. The van der Waals surface area contributed by atoms with E-state index in [0.29, 0.717) is 6.10 Å². The minimum absolute atomic E-state index is 0.174. The zero-order chi connectivity index (χ0) is 14.7. The van der Waals surface area contributed by atoms with Gasteiger partial charge in [0.05, 0.1) is 7.11 Å². The molecule has 116 valence electrons. The van der Waals surface area contributed by atoms with Crippen molar-refractivity contribution in [2.75, 3.05) is 18.6 Å². The highest BCUT2D eigenvalue weighted by Gasteiger charge is 2.32. The van der Waals surface area contributed by atoms with Crippen LogP contribution in [0.4, 0.5) is 0 Å². The quantitative estimate of drug-likeness (QED) is 0.921. The molecule has 0 amide bonds. The number of methoxy groups -OCH3 is 1. The molecule has 1 aliphatic heterocycles. The average molecular weight is 307 g/mol. The maximum Gasteiger partial charge on any atom is 0.161 e. The van der Waals surface area contributed by atoms with Crippen LogP contribution in [0.15, 0.2) is 18.2 Å². The van der Waals surface area contributed by atoms with Gasteiger partial charge in [-0.3, -0.25) is 0 Å². The van der Waals surface area contributed by atoms with Gasteiger partial charge < -0.3 is 15.2 Å². The highest BCUT2D eigenvalue weighted by atomic mass is 32.2. The van der Waals surface area contributed by atoms with Crippen molar-refractivity contribution in [3.63, 3.8) is 0 Å². The number of nitrogens with two attached hydrogens (primary N) is 1. The summed E-state index contributed by atoms with van der Waals surface area (Å²) in [5.74, 6) is 4.01. The monoisotopic (exact) mass is 307 g/mol. The van der Waals surface area contributed by atoms with Gasteiger partial charge in [-0.2, -0.15) is 11.8 Å². The molecule has 0 aromatic heterocycles. The minimum Gasteiger partial charge on any atom is -0.493 e. The van der Waals surface area contributed by atoms with E-state index < -0.39 is 0 Å². The van der Waals surface area contributed by atoms with Gasteiger partial charge in [0.15, 0.2) is 11.5 Å². The van der Waals surface area contributed by atoms with Crippen molar-refractivity contribution in [3.05, 3.63) is 23.8 Å². The standard InChI is InChI=1S/C17H25NO2S/c1-19-16-11-13(17(18)8-2-3-9-17)6-7-15(16)20-14-5-4-10-21-12-14/h6-7,11,14H,2-5,8-10,12,18H2,1H3. The van der Waals surface area contributed by atoms with E-state index in [1.807, 2.05) is 17.8 Å². The lowest BCUT2D eigenvalue weighted by molar-refractivity contribution is 0.202. The summed E-state index contributed by atoms with van der Waals surface area (Å²) < 4.78 is 11.7. The van der Waals surface area contributed by atoms with Crippen molar-refractivity contribution in [2.45, 2.75) is 50.2 Å². The summed E-state index contributed by atoms with van der Waals surface area (Å²) in [5, 5.41) is 0. The second-order valence-corrected chi connectivity index (χ2v) is 7.34. The van der Waals surface area contributed by atoms with Crippen LogP contribution in [-0.4, -0.2) is 24.7 Å². The molecule has 0 spiro atoms. The molecule has 0 bridgehead atoms. The number of hydrogen-bond donors (Lipinski definition) is 1.